The van der Waals surface area contributed by atoms with Crippen LogP contribution in [0.5, 0.6) is 5.75 Å². The fraction of sp³-hybridized carbons (Fsp3) is 0.0909. The summed E-state index contributed by atoms with van der Waals surface area (Å²) in [4.78, 5) is 24.6. The second kappa shape index (κ2) is 8.67. The molecule has 0 saturated heterocycles. The zero-order valence-corrected chi connectivity index (χ0v) is 14.9. The van der Waals surface area contributed by atoms with Crippen molar-refractivity contribution in [3.8, 4) is 5.75 Å². The van der Waals surface area contributed by atoms with Gasteiger partial charge in [-0.25, -0.2) is 0 Å². The third kappa shape index (κ3) is 4.95. The molecule has 0 bridgehead atoms. The zero-order valence-electron chi connectivity index (χ0n) is 14.9. The lowest BCUT2D eigenvalue weighted by Crippen LogP contribution is -2.22. The van der Waals surface area contributed by atoms with Crippen molar-refractivity contribution >= 4 is 17.5 Å². The molecule has 2 N–H and O–H groups in total. The highest BCUT2D eigenvalue weighted by Crippen LogP contribution is 2.17. The average molecular weight is 360 g/mol. The van der Waals surface area contributed by atoms with Gasteiger partial charge in [-0.05, 0) is 42.0 Å². The van der Waals surface area contributed by atoms with E-state index in [1.54, 1.807) is 55.6 Å². The van der Waals surface area contributed by atoms with Gasteiger partial charge < -0.3 is 15.4 Å². The number of amides is 2. The molecule has 27 heavy (non-hydrogen) atoms. The number of hydrogen-bond donors (Lipinski definition) is 2. The van der Waals surface area contributed by atoms with Crippen LogP contribution in [0.15, 0.2) is 78.9 Å². The van der Waals surface area contributed by atoms with E-state index in [1.165, 1.54) is 0 Å². The molecule has 3 aromatic rings. The molecular weight excluding hydrogens is 340 g/mol. The third-order valence-electron chi connectivity index (χ3n) is 4.03. The molecular formula is C22H20N2O3. The molecule has 5 nitrogen and oxygen atoms in total. The second-order valence-corrected chi connectivity index (χ2v) is 5.93. The number of hydrogen-bond acceptors (Lipinski definition) is 3. The Labute approximate surface area is 158 Å². The van der Waals surface area contributed by atoms with Crippen LogP contribution in [0.25, 0.3) is 0 Å². The molecule has 0 fully saturated rings. The first-order valence-corrected chi connectivity index (χ1v) is 8.53. The van der Waals surface area contributed by atoms with Crippen molar-refractivity contribution in [2.24, 2.45) is 0 Å². The number of carbonyl (C=O) groups excluding carboxylic acids is 2. The van der Waals surface area contributed by atoms with Crippen molar-refractivity contribution in [2.75, 3.05) is 12.4 Å². The highest BCUT2D eigenvalue weighted by molar-refractivity contribution is 6.05. The maximum Gasteiger partial charge on any atom is 0.255 e. The van der Waals surface area contributed by atoms with Crippen LogP contribution < -0.4 is 15.4 Å². The minimum atomic E-state index is -0.250. The number of anilines is 1. The predicted molar refractivity (Wildman–Crippen MR) is 105 cm³/mol. The summed E-state index contributed by atoms with van der Waals surface area (Å²) in [7, 11) is 1.57. The molecule has 5 heteroatoms. The van der Waals surface area contributed by atoms with E-state index >= 15 is 0 Å². The van der Waals surface area contributed by atoms with Crippen molar-refractivity contribution in [3.05, 3.63) is 95.6 Å². The molecule has 0 heterocycles. The summed E-state index contributed by atoms with van der Waals surface area (Å²) in [5.74, 6) is 0.233. The lowest BCUT2D eigenvalue weighted by atomic mass is 10.1. The maximum absolute atomic E-state index is 12.4. The first-order valence-electron chi connectivity index (χ1n) is 8.53. The molecule has 0 unspecified atom stereocenters. The summed E-state index contributed by atoms with van der Waals surface area (Å²) < 4.78 is 5.14. The topological polar surface area (TPSA) is 67.4 Å². The zero-order chi connectivity index (χ0) is 19.1. The lowest BCUT2D eigenvalue weighted by Gasteiger charge is -2.08. The highest BCUT2D eigenvalue weighted by Gasteiger charge is 2.09. The summed E-state index contributed by atoms with van der Waals surface area (Å²) in [5.41, 5.74) is 2.64. The second-order valence-electron chi connectivity index (χ2n) is 5.93. The standard InChI is InChI=1S/C22H20N2O3/c1-27-20-9-5-8-19(14-20)24-22(26)18-12-10-17(11-13-18)21(25)23-15-16-6-3-2-4-7-16/h2-14H,15H2,1H3,(H,23,25)(H,24,26). The van der Waals surface area contributed by atoms with Crippen molar-refractivity contribution in [2.45, 2.75) is 6.54 Å². The number of benzene rings is 3. The Morgan fingerprint density at radius 3 is 2.15 bits per heavy atom. The number of rotatable bonds is 6. The summed E-state index contributed by atoms with van der Waals surface area (Å²) in [6, 6.07) is 23.4. The van der Waals surface area contributed by atoms with Crippen LogP contribution in [0.4, 0.5) is 5.69 Å². The van der Waals surface area contributed by atoms with E-state index in [1.807, 2.05) is 30.3 Å². The van der Waals surface area contributed by atoms with Crippen LogP contribution in [-0.4, -0.2) is 18.9 Å². The molecule has 0 spiro atoms. The fourth-order valence-corrected chi connectivity index (χ4v) is 2.56. The Morgan fingerprint density at radius 2 is 1.48 bits per heavy atom. The first kappa shape index (κ1) is 18.2. The van der Waals surface area contributed by atoms with Crippen LogP contribution in [0.2, 0.25) is 0 Å². The Balaban J connectivity index is 1.60. The molecule has 0 atom stereocenters. The Hall–Kier alpha value is -3.60. The quantitative estimate of drug-likeness (QED) is 0.701. The smallest absolute Gasteiger partial charge is 0.255 e. The third-order valence-corrected chi connectivity index (χ3v) is 4.03. The van der Waals surface area contributed by atoms with Crippen LogP contribution in [0.1, 0.15) is 26.3 Å². The van der Waals surface area contributed by atoms with Crippen molar-refractivity contribution in [3.63, 3.8) is 0 Å². The lowest BCUT2D eigenvalue weighted by molar-refractivity contribution is 0.0949. The fourth-order valence-electron chi connectivity index (χ4n) is 2.56. The molecule has 0 aromatic heterocycles. The molecule has 0 aliphatic carbocycles. The summed E-state index contributed by atoms with van der Waals surface area (Å²) in [6.07, 6.45) is 0. The number of nitrogens with one attached hydrogen (secondary N) is 2. The van der Waals surface area contributed by atoms with E-state index < -0.39 is 0 Å². The van der Waals surface area contributed by atoms with Crippen LogP contribution in [0.3, 0.4) is 0 Å². The number of ether oxygens (including phenoxy) is 1. The van der Waals surface area contributed by atoms with E-state index in [9.17, 15) is 9.59 Å². The SMILES string of the molecule is COc1cccc(NC(=O)c2ccc(C(=O)NCc3ccccc3)cc2)c1. The molecule has 0 saturated carbocycles. The van der Waals surface area contributed by atoms with Gasteiger partial charge in [0.1, 0.15) is 5.75 Å². The van der Waals surface area contributed by atoms with Crippen LogP contribution >= 0.6 is 0 Å². The number of methoxy groups -OCH3 is 1. The van der Waals surface area contributed by atoms with Gasteiger partial charge in [0.05, 0.1) is 7.11 Å². The van der Waals surface area contributed by atoms with Crippen LogP contribution in [0, 0.1) is 0 Å². The predicted octanol–water partition coefficient (Wildman–Crippen LogP) is 3.88. The molecule has 0 radical (unpaired) electrons. The van der Waals surface area contributed by atoms with Gasteiger partial charge in [-0.1, -0.05) is 36.4 Å². The Bertz CT molecular complexity index is 922. The Morgan fingerprint density at radius 1 is 0.815 bits per heavy atom. The molecule has 136 valence electrons. The maximum atomic E-state index is 12.4. The molecule has 3 aromatic carbocycles. The summed E-state index contributed by atoms with van der Waals surface area (Å²) in [5, 5.41) is 5.67. The highest BCUT2D eigenvalue weighted by atomic mass is 16.5. The monoisotopic (exact) mass is 360 g/mol. The van der Waals surface area contributed by atoms with Gasteiger partial charge in [0, 0.05) is 29.4 Å². The van der Waals surface area contributed by atoms with E-state index in [0.717, 1.165) is 5.56 Å². The number of carbonyl (C=O) groups is 2. The molecule has 3 rings (SSSR count). The van der Waals surface area contributed by atoms with E-state index in [2.05, 4.69) is 10.6 Å². The van der Waals surface area contributed by atoms with E-state index in [4.69, 9.17) is 4.74 Å². The first-order chi connectivity index (χ1) is 13.2. The van der Waals surface area contributed by atoms with Gasteiger partial charge >= 0.3 is 0 Å². The van der Waals surface area contributed by atoms with Crippen molar-refractivity contribution < 1.29 is 14.3 Å². The van der Waals surface area contributed by atoms with Gasteiger partial charge in [-0.15, -0.1) is 0 Å². The molecule has 2 amide bonds. The van der Waals surface area contributed by atoms with Gasteiger partial charge in [-0.3, -0.25) is 9.59 Å². The van der Waals surface area contributed by atoms with Gasteiger partial charge in [0.25, 0.3) is 11.8 Å². The molecule has 0 aliphatic rings. The Kier molecular flexibility index (Phi) is 5.84. The van der Waals surface area contributed by atoms with Gasteiger partial charge in [0.2, 0.25) is 0 Å². The largest absolute Gasteiger partial charge is 0.497 e. The normalized spacial score (nSPS) is 10.1. The summed E-state index contributed by atoms with van der Waals surface area (Å²) in [6.45, 7) is 0.456. The van der Waals surface area contributed by atoms with Gasteiger partial charge in [-0.2, -0.15) is 0 Å². The average Bonchev–Trinajstić information content (AvgIpc) is 2.73. The van der Waals surface area contributed by atoms with Gasteiger partial charge in [0.15, 0.2) is 0 Å². The van der Waals surface area contributed by atoms with Crippen LogP contribution in [-0.2, 0) is 6.54 Å². The van der Waals surface area contributed by atoms with Crippen molar-refractivity contribution in [1.29, 1.82) is 0 Å². The minimum absolute atomic E-state index is 0.182. The molecule has 0 aliphatic heterocycles. The van der Waals surface area contributed by atoms with Crippen molar-refractivity contribution in [1.82, 2.24) is 5.32 Å². The van der Waals surface area contributed by atoms with E-state index in [-0.39, 0.29) is 11.8 Å². The van der Waals surface area contributed by atoms with E-state index in [0.29, 0.717) is 29.1 Å². The summed E-state index contributed by atoms with van der Waals surface area (Å²) >= 11 is 0. The minimum Gasteiger partial charge on any atom is -0.497 e.